The molecule has 0 saturated carbocycles. The van der Waals surface area contributed by atoms with Gasteiger partial charge in [0, 0.05) is 0 Å². The number of nitrogens with zero attached hydrogens (tertiary/aromatic N) is 2. The van der Waals surface area contributed by atoms with E-state index in [-0.39, 0.29) is 11.7 Å². The summed E-state index contributed by atoms with van der Waals surface area (Å²) in [6.45, 7) is 3.83. The van der Waals surface area contributed by atoms with Gasteiger partial charge >= 0.3 is 6.03 Å². The third kappa shape index (κ3) is 4.93. The largest absolute Gasteiger partial charge is 0.493 e. The van der Waals surface area contributed by atoms with Crippen LogP contribution in [0.1, 0.15) is 19.4 Å². The highest BCUT2D eigenvalue weighted by Crippen LogP contribution is 2.36. The van der Waals surface area contributed by atoms with Crippen molar-refractivity contribution in [3.8, 4) is 11.5 Å². The number of hydrogen-bond acceptors (Lipinski definition) is 5. The SMILES string of the molecule is COc1cc(C=C2C(=O)N(c3ccccc3)C(=O)N(c3ccccc3)C2=O)cc(I)c1OC(C)C. The van der Waals surface area contributed by atoms with E-state index in [1.54, 1.807) is 72.8 Å². The maximum atomic E-state index is 13.5. The lowest BCUT2D eigenvalue weighted by atomic mass is 10.0. The molecule has 0 atom stereocenters. The van der Waals surface area contributed by atoms with Crippen molar-refractivity contribution in [2.75, 3.05) is 16.9 Å². The molecule has 4 amide bonds. The topological polar surface area (TPSA) is 76.2 Å². The van der Waals surface area contributed by atoms with E-state index in [2.05, 4.69) is 22.6 Å². The smallest absolute Gasteiger partial charge is 0.343 e. The van der Waals surface area contributed by atoms with Crippen LogP contribution in [0.5, 0.6) is 11.5 Å². The van der Waals surface area contributed by atoms with Crippen molar-refractivity contribution >= 4 is 57.9 Å². The Hall–Kier alpha value is -3.66. The Bertz CT molecular complexity index is 1240. The highest BCUT2D eigenvalue weighted by Gasteiger charge is 2.43. The van der Waals surface area contributed by atoms with Crippen molar-refractivity contribution in [1.82, 2.24) is 0 Å². The Balaban J connectivity index is 1.85. The molecule has 35 heavy (non-hydrogen) atoms. The molecule has 0 spiro atoms. The van der Waals surface area contributed by atoms with Crippen LogP contribution < -0.4 is 19.3 Å². The van der Waals surface area contributed by atoms with Gasteiger partial charge in [-0.3, -0.25) is 9.59 Å². The van der Waals surface area contributed by atoms with Crippen molar-refractivity contribution in [3.63, 3.8) is 0 Å². The van der Waals surface area contributed by atoms with E-state index in [4.69, 9.17) is 9.47 Å². The summed E-state index contributed by atoms with van der Waals surface area (Å²) in [6, 6.07) is 19.8. The van der Waals surface area contributed by atoms with Crippen LogP contribution >= 0.6 is 22.6 Å². The lowest BCUT2D eigenvalue weighted by molar-refractivity contribution is -0.121. The zero-order valence-electron chi connectivity index (χ0n) is 19.4. The summed E-state index contributed by atoms with van der Waals surface area (Å²) in [6.07, 6.45) is 1.42. The number of methoxy groups -OCH3 is 1. The van der Waals surface area contributed by atoms with E-state index in [0.717, 1.165) is 13.4 Å². The molecule has 0 bridgehead atoms. The number of barbiturate groups is 1. The minimum Gasteiger partial charge on any atom is -0.493 e. The van der Waals surface area contributed by atoms with Crippen LogP contribution in [0.2, 0.25) is 0 Å². The molecule has 3 aromatic rings. The third-order valence-corrected chi connectivity index (χ3v) is 6.00. The first kappa shape index (κ1) is 24.5. The molecule has 8 heteroatoms. The number of anilines is 2. The number of rotatable bonds is 6. The Kier molecular flexibility index (Phi) is 7.20. The van der Waals surface area contributed by atoms with Gasteiger partial charge in [-0.2, -0.15) is 0 Å². The van der Waals surface area contributed by atoms with Crippen LogP contribution in [0.3, 0.4) is 0 Å². The Morgan fingerprint density at radius 2 is 1.34 bits per heavy atom. The fourth-order valence-corrected chi connectivity index (χ4v) is 4.43. The average Bonchev–Trinajstić information content (AvgIpc) is 2.84. The zero-order valence-corrected chi connectivity index (χ0v) is 21.6. The van der Waals surface area contributed by atoms with Gasteiger partial charge in [0.25, 0.3) is 11.8 Å². The molecule has 4 rings (SSSR count). The van der Waals surface area contributed by atoms with Gasteiger partial charge in [-0.05, 0) is 84.5 Å². The van der Waals surface area contributed by atoms with Crippen LogP contribution in [0.15, 0.2) is 78.4 Å². The molecule has 1 aliphatic rings. The predicted octanol–water partition coefficient (Wildman–Crippen LogP) is 5.67. The molecule has 1 heterocycles. The number of hydrogen-bond donors (Lipinski definition) is 0. The number of carbonyl (C=O) groups is 3. The fourth-order valence-electron chi connectivity index (χ4n) is 3.68. The Morgan fingerprint density at radius 3 is 1.80 bits per heavy atom. The fraction of sp³-hybridized carbons (Fsp3) is 0.148. The molecule has 3 aromatic carbocycles. The van der Waals surface area contributed by atoms with E-state index in [1.807, 2.05) is 13.8 Å². The summed E-state index contributed by atoms with van der Waals surface area (Å²) in [5.41, 5.74) is 1.16. The van der Waals surface area contributed by atoms with Crippen LogP contribution in [-0.4, -0.2) is 31.1 Å². The quantitative estimate of drug-likeness (QED) is 0.213. The molecule has 1 aliphatic heterocycles. The first-order chi connectivity index (χ1) is 16.8. The van der Waals surface area contributed by atoms with Gasteiger partial charge in [0.2, 0.25) is 0 Å². The van der Waals surface area contributed by atoms with E-state index in [9.17, 15) is 14.4 Å². The number of carbonyl (C=O) groups excluding carboxylic acids is 3. The van der Waals surface area contributed by atoms with Gasteiger partial charge in [0.1, 0.15) is 5.57 Å². The van der Waals surface area contributed by atoms with Gasteiger partial charge in [-0.1, -0.05) is 36.4 Å². The first-order valence-corrected chi connectivity index (χ1v) is 12.0. The molecule has 0 aliphatic carbocycles. The Morgan fingerprint density at radius 1 is 0.829 bits per heavy atom. The van der Waals surface area contributed by atoms with Crippen molar-refractivity contribution < 1.29 is 23.9 Å². The van der Waals surface area contributed by atoms with E-state index in [0.29, 0.717) is 28.4 Å². The third-order valence-electron chi connectivity index (χ3n) is 5.19. The number of urea groups is 1. The summed E-state index contributed by atoms with van der Waals surface area (Å²) in [5.74, 6) is -0.340. The minimum absolute atomic E-state index is 0.0620. The van der Waals surface area contributed by atoms with Crippen LogP contribution in [-0.2, 0) is 9.59 Å². The summed E-state index contributed by atoms with van der Waals surface area (Å²) in [5, 5.41) is 0. The summed E-state index contributed by atoms with van der Waals surface area (Å²) >= 11 is 2.12. The number of halogens is 1. The molecule has 0 unspecified atom stereocenters. The molecule has 1 saturated heterocycles. The molecule has 7 nitrogen and oxygen atoms in total. The van der Waals surface area contributed by atoms with Crippen LogP contribution in [0.4, 0.5) is 16.2 Å². The second-order valence-corrected chi connectivity index (χ2v) is 9.16. The van der Waals surface area contributed by atoms with Gasteiger partial charge in [0.15, 0.2) is 11.5 Å². The average molecular weight is 582 g/mol. The van der Waals surface area contributed by atoms with Crippen molar-refractivity contribution in [3.05, 3.63) is 87.5 Å². The van der Waals surface area contributed by atoms with Crippen molar-refractivity contribution in [2.45, 2.75) is 20.0 Å². The standard InChI is InChI=1S/C27H23IN2O5/c1-17(2)35-24-22(28)15-18(16-23(24)34-3)14-21-25(31)29(19-10-6-4-7-11-19)27(33)30(26(21)32)20-12-8-5-9-13-20/h4-17H,1-3H3. The molecule has 0 radical (unpaired) electrons. The van der Waals surface area contributed by atoms with Gasteiger partial charge < -0.3 is 9.47 Å². The summed E-state index contributed by atoms with van der Waals surface area (Å²) < 4.78 is 12.1. The van der Waals surface area contributed by atoms with Crippen LogP contribution in [0.25, 0.3) is 6.08 Å². The molecule has 0 N–H and O–H groups in total. The summed E-state index contributed by atoms with van der Waals surface area (Å²) in [4.78, 5) is 42.4. The lowest BCUT2D eigenvalue weighted by Gasteiger charge is -2.34. The van der Waals surface area contributed by atoms with E-state index >= 15 is 0 Å². The molecule has 178 valence electrons. The maximum absolute atomic E-state index is 13.5. The lowest BCUT2D eigenvalue weighted by Crippen LogP contribution is -2.57. The van der Waals surface area contributed by atoms with Gasteiger partial charge in [-0.15, -0.1) is 0 Å². The second kappa shape index (κ2) is 10.3. The molecular weight excluding hydrogens is 559 g/mol. The highest BCUT2D eigenvalue weighted by molar-refractivity contribution is 14.1. The number of ether oxygens (including phenoxy) is 2. The van der Waals surface area contributed by atoms with Crippen molar-refractivity contribution in [2.24, 2.45) is 0 Å². The number of imide groups is 2. The first-order valence-electron chi connectivity index (χ1n) is 10.9. The normalized spacial score (nSPS) is 14.0. The number of amides is 4. The van der Waals surface area contributed by atoms with E-state index in [1.165, 1.54) is 13.2 Å². The molecular formula is C27H23IN2O5. The monoisotopic (exact) mass is 582 g/mol. The molecule has 1 fully saturated rings. The number of benzene rings is 3. The second-order valence-electron chi connectivity index (χ2n) is 7.99. The van der Waals surface area contributed by atoms with Gasteiger partial charge in [-0.25, -0.2) is 14.6 Å². The van der Waals surface area contributed by atoms with Crippen LogP contribution in [0, 0.1) is 3.57 Å². The maximum Gasteiger partial charge on any atom is 0.343 e. The van der Waals surface area contributed by atoms with Crippen molar-refractivity contribution in [1.29, 1.82) is 0 Å². The number of para-hydroxylation sites is 2. The van der Waals surface area contributed by atoms with Gasteiger partial charge in [0.05, 0.1) is 28.2 Å². The zero-order chi connectivity index (χ0) is 25.1. The Labute approximate surface area is 217 Å². The summed E-state index contributed by atoms with van der Waals surface area (Å²) in [7, 11) is 1.53. The predicted molar refractivity (Wildman–Crippen MR) is 143 cm³/mol. The molecule has 0 aromatic heterocycles. The van der Waals surface area contributed by atoms with E-state index < -0.39 is 17.8 Å². The highest BCUT2D eigenvalue weighted by atomic mass is 127. The minimum atomic E-state index is -0.734.